The third kappa shape index (κ3) is 4.78. The molecule has 1 atom stereocenters. The first-order valence-corrected chi connectivity index (χ1v) is 11.7. The molecule has 1 aliphatic heterocycles. The topological polar surface area (TPSA) is 113 Å². The lowest BCUT2D eigenvalue weighted by atomic mass is 10.1. The van der Waals surface area contributed by atoms with E-state index in [0.717, 1.165) is 4.31 Å². The highest BCUT2D eigenvalue weighted by Crippen LogP contribution is 2.31. The van der Waals surface area contributed by atoms with Gasteiger partial charge in [0.05, 0.1) is 15.5 Å². The zero-order valence-electron chi connectivity index (χ0n) is 17.5. The lowest BCUT2D eigenvalue weighted by Gasteiger charge is -2.17. The molecular formula is C20H22N4O5S2. The van der Waals surface area contributed by atoms with E-state index in [1.54, 1.807) is 19.1 Å². The number of hydrogen-bond acceptors (Lipinski definition) is 7. The zero-order chi connectivity index (χ0) is 22.9. The lowest BCUT2D eigenvalue weighted by molar-refractivity contribution is -0.385. The maximum Gasteiger partial charge on any atom is 0.272 e. The molecule has 1 amide bonds. The molecule has 0 aliphatic carbocycles. The fourth-order valence-electron chi connectivity index (χ4n) is 3.06. The summed E-state index contributed by atoms with van der Waals surface area (Å²) in [6, 6.07) is 10.5. The van der Waals surface area contributed by atoms with Crippen LogP contribution in [-0.4, -0.2) is 59.5 Å². The largest absolute Gasteiger partial charge is 0.286 e. The van der Waals surface area contributed by atoms with Gasteiger partial charge in [-0.2, -0.15) is 0 Å². The number of aryl methyl sites for hydroxylation is 1. The Balaban J connectivity index is 1.95. The van der Waals surface area contributed by atoms with Crippen molar-refractivity contribution in [2.45, 2.75) is 24.0 Å². The molecule has 0 N–H and O–H groups in total. The van der Waals surface area contributed by atoms with Crippen molar-refractivity contribution in [3.63, 3.8) is 0 Å². The van der Waals surface area contributed by atoms with Crippen molar-refractivity contribution in [3.05, 3.63) is 63.7 Å². The number of carbonyl (C=O) groups is 1. The minimum absolute atomic E-state index is 0.0477. The quantitative estimate of drug-likeness (QED) is 0.497. The first kappa shape index (κ1) is 22.9. The van der Waals surface area contributed by atoms with E-state index < -0.39 is 14.9 Å². The Labute approximate surface area is 185 Å². The SMILES string of the molecule is Cc1cc(C(=O)N2CC(C)SC2=Nc2cccc(S(=O)(=O)N(C)C)c2)ccc1[N+](=O)[O-]. The highest BCUT2D eigenvalue weighted by molar-refractivity contribution is 8.14. The summed E-state index contributed by atoms with van der Waals surface area (Å²) in [7, 11) is -0.704. The smallest absolute Gasteiger partial charge is 0.272 e. The van der Waals surface area contributed by atoms with Crippen molar-refractivity contribution < 1.29 is 18.1 Å². The van der Waals surface area contributed by atoms with Crippen molar-refractivity contribution in [3.8, 4) is 0 Å². The summed E-state index contributed by atoms with van der Waals surface area (Å²) in [5.41, 5.74) is 1.09. The molecule has 2 aromatic carbocycles. The van der Waals surface area contributed by atoms with Crippen LogP contribution in [0.1, 0.15) is 22.8 Å². The number of nitro groups is 1. The average molecular weight is 463 g/mol. The van der Waals surface area contributed by atoms with E-state index in [1.165, 1.54) is 61.1 Å². The standard InChI is InChI=1S/C20H22N4O5S2/c1-13-10-15(8-9-18(13)24(26)27)19(25)23-12-14(2)30-20(23)21-16-6-5-7-17(11-16)31(28,29)22(3)4/h5-11,14H,12H2,1-4H3. The number of sulfonamides is 1. The minimum atomic E-state index is -3.61. The fraction of sp³-hybridized carbons (Fsp3) is 0.300. The number of nitro benzene ring substituents is 1. The monoisotopic (exact) mass is 462 g/mol. The molecule has 0 aromatic heterocycles. The molecule has 1 saturated heterocycles. The molecule has 31 heavy (non-hydrogen) atoms. The summed E-state index contributed by atoms with van der Waals surface area (Å²) in [5, 5.41) is 11.6. The van der Waals surface area contributed by atoms with Crippen molar-refractivity contribution in [2.75, 3.05) is 20.6 Å². The molecule has 9 nitrogen and oxygen atoms in total. The summed E-state index contributed by atoms with van der Waals surface area (Å²) in [6.07, 6.45) is 0. The van der Waals surface area contributed by atoms with E-state index in [9.17, 15) is 23.3 Å². The molecule has 0 spiro atoms. The van der Waals surface area contributed by atoms with Crippen LogP contribution in [0.3, 0.4) is 0 Å². The second-order valence-corrected chi connectivity index (χ2v) is 10.8. The molecular weight excluding hydrogens is 440 g/mol. The van der Waals surface area contributed by atoms with Crippen molar-refractivity contribution >= 4 is 44.2 Å². The van der Waals surface area contributed by atoms with Gasteiger partial charge < -0.3 is 0 Å². The molecule has 1 aliphatic rings. The Morgan fingerprint density at radius 3 is 2.58 bits per heavy atom. The van der Waals surface area contributed by atoms with Crippen LogP contribution >= 0.6 is 11.8 Å². The third-order valence-corrected chi connectivity index (χ3v) is 7.57. The first-order chi connectivity index (χ1) is 14.5. The van der Waals surface area contributed by atoms with Crippen molar-refractivity contribution in [1.29, 1.82) is 0 Å². The van der Waals surface area contributed by atoms with Crippen LogP contribution in [0.25, 0.3) is 0 Å². The highest BCUT2D eigenvalue weighted by Gasteiger charge is 2.32. The number of amidine groups is 1. The van der Waals surface area contributed by atoms with Gasteiger partial charge >= 0.3 is 0 Å². The van der Waals surface area contributed by atoms with Gasteiger partial charge in [-0.05, 0) is 37.3 Å². The number of amides is 1. The van der Waals surface area contributed by atoms with E-state index in [1.807, 2.05) is 6.92 Å². The van der Waals surface area contributed by atoms with Gasteiger partial charge in [0.25, 0.3) is 11.6 Å². The number of aliphatic imine (C=N–C) groups is 1. The van der Waals surface area contributed by atoms with Gasteiger partial charge in [-0.3, -0.25) is 19.8 Å². The van der Waals surface area contributed by atoms with E-state index in [2.05, 4.69) is 4.99 Å². The van der Waals surface area contributed by atoms with Gasteiger partial charge in [-0.25, -0.2) is 17.7 Å². The molecule has 0 radical (unpaired) electrons. The summed E-state index contributed by atoms with van der Waals surface area (Å²) >= 11 is 1.41. The van der Waals surface area contributed by atoms with Gasteiger partial charge in [-0.15, -0.1) is 0 Å². The van der Waals surface area contributed by atoms with Gasteiger partial charge in [-0.1, -0.05) is 24.8 Å². The van der Waals surface area contributed by atoms with Crippen LogP contribution in [0.5, 0.6) is 0 Å². The first-order valence-electron chi connectivity index (χ1n) is 9.35. The Hall–Kier alpha value is -2.76. The van der Waals surface area contributed by atoms with Crippen LogP contribution in [-0.2, 0) is 10.0 Å². The number of nitrogens with zero attached hydrogens (tertiary/aromatic N) is 4. The maximum atomic E-state index is 13.1. The average Bonchev–Trinajstić information content (AvgIpc) is 3.07. The van der Waals surface area contributed by atoms with Gasteiger partial charge in [0.2, 0.25) is 10.0 Å². The predicted molar refractivity (Wildman–Crippen MR) is 120 cm³/mol. The number of hydrogen-bond donors (Lipinski definition) is 0. The molecule has 1 heterocycles. The summed E-state index contributed by atoms with van der Waals surface area (Å²) in [5.74, 6) is -0.314. The van der Waals surface area contributed by atoms with E-state index in [0.29, 0.717) is 28.5 Å². The second kappa shape index (κ2) is 8.77. The fourth-order valence-corrected chi connectivity index (χ4v) is 5.02. The number of benzene rings is 2. The lowest BCUT2D eigenvalue weighted by Crippen LogP contribution is -2.32. The molecule has 0 bridgehead atoms. The third-order valence-electron chi connectivity index (χ3n) is 4.68. The normalized spacial score (nSPS) is 18.0. The summed E-state index contributed by atoms with van der Waals surface area (Å²) in [6.45, 7) is 3.97. The van der Waals surface area contributed by atoms with Crippen LogP contribution in [0.4, 0.5) is 11.4 Å². The highest BCUT2D eigenvalue weighted by atomic mass is 32.2. The number of rotatable bonds is 5. The van der Waals surface area contributed by atoms with E-state index in [4.69, 9.17) is 0 Å². The molecule has 2 aromatic rings. The van der Waals surface area contributed by atoms with Crippen LogP contribution in [0.2, 0.25) is 0 Å². The molecule has 11 heteroatoms. The van der Waals surface area contributed by atoms with Gasteiger partial charge in [0.15, 0.2) is 5.17 Å². The Kier molecular flexibility index (Phi) is 6.48. The number of thioether (sulfide) groups is 1. The maximum absolute atomic E-state index is 13.1. The molecule has 164 valence electrons. The molecule has 1 fully saturated rings. The summed E-state index contributed by atoms with van der Waals surface area (Å²) < 4.78 is 25.9. The van der Waals surface area contributed by atoms with Gasteiger partial charge in [0, 0.05) is 43.1 Å². The van der Waals surface area contributed by atoms with Crippen LogP contribution in [0, 0.1) is 17.0 Å². The predicted octanol–water partition coefficient (Wildman–Crippen LogP) is 3.42. The molecule has 0 saturated carbocycles. The van der Waals surface area contributed by atoms with Gasteiger partial charge in [0.1, 0.15) is 0 Å². The minimum Gasteiger partial charge on any atom is -0.286 e. The van der Waals surface area contributed by atoms with E-state index in [-0.39, 0.29) is 21.7 Å². The molecule has 3 rings (SSSR count). The van der Waals surface area contributed by atoms with Crippen LogP contribution < -0.4 is 0 Å². The van der Waals surface area contributed by atoms with E-state index >= 15 is 0 Å². The van der Waals surface area contributed by atoms with Crippen LogP contribution in [0.15, 0.2) is 52.4 Å². The zero-order valence-corrected chi connectivity index (χ0v) is 19.1. The molecule has 1 unspecified atom stereocenters. The number of carbonyl (C=O) groups excluding carboxylic acids is 1. The van der Waals surface area contributed by atoms with Crippen molar-refractivity contribution in [2.24, 2.45) is 4.99 Å². The Morgan fingerprint density at radius 2 is 1.97 bits per heavy atom. The summed E-state index contributed by atoms with van der Waals surface area (Å²) in [4.78, 5) is 29.8. The Morgan fingerprint density at radius 1 is 1.26 bits per heavy atom. The Bertz CT molecular complexity index is 1180. The van der Waals surface area contributed by atoms with Crippen molar-refractivity contribution in [1.82, 2.24) is 9.21 Å². The second-order valence-electron chi connectivity index (χ2n) is 7.28.